The molecule has 0 saturated heterocycles. The lowest BCUT2D eigenvalue weighted by Gasteiger charge is -2.26. The van der Waals surface area contributed by atoms with Crippen molar-refractivity contribution in [1.82, 2.24) is 14.5 Å². The monoisotopic (exact) mass is 404 g/mol. The lowest BCUT2D eigenvalue weighted by Crippen LogP contribution is -2.48. The third kappa shape index (κ3) is 3.26. The van der Waals surface area contributed by atoms with Gasteiger partial charge in [-0.1, -0.05) is 38.1 Å². The zero-order valence-electron chi connectivity index (χ0n) is 17.3. The van der Waals surface area contributed by atoms with Crippen molar-refractivity contribution in [2.24, 2.45) is 5.92 Å². The van der Waals surface area contributed by atoms with Crippen molar-refractivity contribution in [2.75, 3.05) is 5.32 Å². The number of para-hydroxylation sites is 2. The van der Waals surface area contributed by atoms with E-state index in [0.717, 1.165) is 15.9 Å². The van der Waals surface area contributed by atoms with Gasteiger partial charge in [0.05, 0.1) is 22.2 Å². The number of aromatic nitrogens is 2. The van der Waals surface area contributed by atoms with Gasteiger partial charge in [-0.15, -0.1) is 0 Å². The van der Waals surface area contributed by atoms with Gasteiger partial charge in [0.15, 0.2) is 0 Å². The van der Waals surface area contributed by atoms with Crippen molar-refractivity contribution >= 4 is 34.7 Å². The second kappa shape index (κ2) is 7.74. The molecule has 7 nitrogen and oxygen atoms in total. The van der Waals surface area contributed by atoms with Crippen molar-refractivity contribution in [3.63, 3.8) is 0 Å². The van der Waals surface area contributed by atoms with Gasteiger partial charge in [0.1, 0.15) is 6.04 Å². The number of imidazole rings is 1. The fourth-order valence-corrected chi connectivity index (χ4v) is 3.95. The molecule has 154 valence electrons. The molecule has 7 heteroatoms. The molecule has 0 bridgehead atoms. The molecule has 0 saturated carbocycles. The van der Waals surface area contributed by atoms with Crippen molar-refractivity contribution in [3.05, 3.63) is 59.7 Å². The molecule has 3 aromatic rings. The average Bonchev–Trinajstić information content (AvgIpc) is 3.20. The lowest BCUT2D eigenvalue weighted by molar-refractivity contribution is -0.120. The van der Waals surface area contributed by atoms with E-state index in [0.29, 0.717) is 30.0 Å². The second-order valence-corrected chi connectivity index (χ2v) is 7.83. The third-order valence-electron chi connectivity index (χ3n) is 5.34. The maximum absolute atomic E-state index is 13.3. The van der Waals surface area contributed by atoms with Gasteiger partial charge < -0.3 is 4.57 Å². The predicted octanol–water partition coefficient (Wildman–Crippen LogP) is 3.71. The predicted molar refractivity (Wildman–Crippen MR) is 114 cm³/mol. The Morgan fingerprint density at radius 2 is 1.60 bits per heavy atom. The molecule has 2 heterocycles. The number of nitrogens with one attached hydrogen (secondary N) is 1. The highest BCUT2D eigenvalue weighted by Crippen LogP contribution is 2.28. The maximum Gasteiger partial charge on any atom is 0.262 e. The number of amides is 3. The number of carbonyl (C=O) groups is 3. The fraction of sp³-hybridized carbons (Fsp3) is 0.304. The molecule has 1 aromatic heterocycles. The highest BCUT2D eigenvalue weighted by Gasteiger charge is 2.43. The Morgan fingerprint density at radius 3 is 2.20 bits per heavy atom. The van der Waals surface area contributed by atoms with Crippen LogP contribution in [0.15, 0.2) is 48.5 Å². The summed E-state index contributed by atoms with van der Waals surface area (Å²) < 4.78 is 1.90. The van der Waals surface area contributed by atoms with E-state index in [4.69, 9.17) is 0 Å². The van der Waals surface area contributed by atoms with Crippen LogP contribution in [0.1, 0.15) is 47.9 Å². The highest BCUT2D eigenvalue weighted by atomic mass is 16.2. The van der Waals surface area contributed by atoms with E-state index < -0.39 is 23.8 Å². The number of anilines is 1. The molecule has 0 radical (unpaired) electrons. The van der Waals surface area contributed by atoms with Crippen LogP contribution in [0.5, 0.6) is 0 Å². The van der Waals surface area contributed by atoms with Crippen LogP contribution >= 0.6 is 0 Å². The Morgan fingerprint density at radius 1 is 1.00 bits per heavy atom. The first-order chi connectivity index (χ1) is 14.4. The topological polar surface area (TPSA) is 84.3 Å². The second-order valence-electron chi connectivity index (χ2n) is 7.83. The summed E-state index contributed by atoms with van der Waals surface area (Å²) in [5.74, 6) is -0.756. The number of aryl methyl sites for hydroxylation is 1. The van der Waals surface area contributed by atoms with Crippen LogP contribution in [0.2, 0.25) is 0 Å². The molecule has 0 aliphatic carbocycles. The summed E-state index contributed by atoms with van der Waals surface area (Å²) >= 11 is 0. The minimum atomic E-state index is -0.914. The molecule has 0 spiro atoms. The fourth-order valence-electron chi connectivity index (χ4n) is 3.95. The molecule has 1 aliphatic heterocycles. The van der Waals surface area contributed by atoms with E-state index in [1.165, 1.54) is 0 Å². The highest BCUT2D eigenvalue weighted by molar-refractivity contribution is 6.23. The lowest BCUT2D eigenvalue weighted by atomic mass is 10.0. The Hall–Kier alpha value is -3.48. The van der Waals surface area contributed by atoms with E-state index in [-0.39, 0.29) is 5.92 Å². The number of imide groups is 1. The molecule has 1 atom stereocenters. The van der Waals surface area contributed by atoms with Gasteiger partial charge in [-0.2, -0.15) is 0 Å². The van der Waals surface area contributed by atoms with Crippen LogP contribution in [0.3, 0.4) is 0 Å². The van der Waals surface area contributed by atoms with Crippen LogP contribution in [0, 0.1) is 5.92 Å². The van der Waals surface area contributed by atoms with Crippen molar-refractivity contribution in [2.45, 2.75) is 39.8 Å². The molecule has 2 aromatic carbocycles. The van der Waals surface area contributed by atoms with Crippen LogP contribution in [0.25, 0.3) is 11.0 Å². The minimum absolute atomic E-state index is 0.107. The first-order valence-electron chi connectivity index (χ1n) is 10.2. The number of hydrogen-bond donors (Lipinski definition) is 1. The zero-order valence-corrected chi connectivity index (χ0v) is 17.3. The summed E-state index contributed by atoms with van der Waals surface area (Å²) in [7, 11) is 0. The molecule has 1 N–H and O–H groups in total. The maximum atomic E-state index is 13.3. The van der Waals surface area contributed by atoms with Gasteiger partial charge in [-0.3, -0.25) is 24.6 Å². The van der Waals surface area contributed by atoms with Crippen molar-refractivity contribution < 1.29 is 14.4 Å². The normalized spacial score (nSPS) is 14.5. The summed E-state index contributed by atoms with van der Waals surface area (Å²) in [6.07, 6.45) is 0.365. The molecule has 0 unspecified atom stereocenters. The molecule has 30 heavy (non-hydrogen) atoms. The Kier molecular flexibility index (Phi) is 5.11. The third-order valence-corrected chi connectivity index (χ3v) is 5.34. The van der Waals surface area contributed by atoms with E-state index in [1.807, 2.05) is 49.6 Å². The number of benzene rings is 2. The molecule has 4 rings (SSSR count). The van der Waals surface area contributed by atoms with Crippen LogP contribution in [-0.2, 0) is 11.3 Å². The Labute approximate surface area is 174 Å². The average molecular weight is 404 g/mol. The summed E-state index contributed by atoms with van der Waals surface area (Å²) in [4.78, 5) is 44.9. The summed E-state index contributed by atoms with van der Waals surface area (Å²) in [5.41, 5.74) is 2.36. The molecular weight excluding hydrogens is 380 g/mol. The Balaban J connectivity index is 1.68. The van der Waals surface area contributed by atoms with Crippen molar-refractivity contribution in [1.29, 1.82) is 0 Å². The van der Waals surface area contributed by atoms with Crippen molar-refractivity contribution in [3.8, 4) is 0 Å². The Bertz CT molecular complexity index is 1110. The molecule has 1 aliphatic rings. The SMILES string of the molecule is CCn1c(NC(=O)[C@@H](CC(C)C)N2C(=O)c3ccccc3C2=O)nc2ccccc21. The van der Waals surface area contributed by atoms with E-state index in [1.54, 1.807) is 24.3 Å². The number of carbonyl (C=O) groups excluding carboxylic acids is 3. The molecule has 3 amide bonds. The standard InChI is InChI=1S/C23H24N4O3/c1-4-26-18-12-8-7-11-17(18)24-23(26)25-20(28)19(13-14(2)3)27-21(29)15-9-5-6-10-16(15)22(27)30/h5-12,14,19H,4,13H2,1-3H3,(H,24,25,28)/t19-/m1/s1. The number of hydrogen-bond acceptors (Lipinski definition) is 4. The largest absolute Gasteiger partial charge is 0.310 e. The quantitative estimate of drug-likeness (QED) is 0.635. The number of nitrogens with zero attached hydrogens (tertiary/aromatic N) is 3. The summed E-state index contributed by atoms with van der Waals surface area (Å²) in [6, 6.07) is 13.4. The van der Waals surface area contributed by atoms with E-state index in [2.05, 4.69) is 10.3 Å². The van der Waals surface area contributed by atoms with Gasteiger partial charge in [0, 0.05) is 6.54 Å². The molecular formula is C23H24N4O3. The van der Waals surface area contributed by atoms with E-state index in [9.17, 15) is 14.4 Å². The van der Waals surface area contributed by atoms with Gasteiger partial charge in [0.2, 0.25) is 11.9 Å². The minimum Gasteiger partial charge on any atom is -0.310 e. The van der Waals surface area contributed by atoms with Gasteiger partial charge >= 0.3 is 0 Å². The van der Waals surface area contributed by atoms with Crippen LogP contribution in [0.4, 0.5) is 5.95 Å². The van der Waals surface area contributed by atoms with Gasteiger partial charge in [-0.25, -0.2) is 4.98 Å². The zero-order chi connectivity index (χ0) is 21.4. The summed E-state index contributed by atoms with van der Waals surface area (Å²) in [6.45, 7) is 6.51. The van der Waals surface area contributed by atoms with Crippen LogP contribution in [-0.4, -0.2) is 38.2 Å². The smallest absolute Gasteiger partial charge is 0.262 e. The summed E-state index contributed by atoms with van der Waals surface area (Å²) in [5, 5.41) is 2.87. The first kappa shape index (κ1) is 19.8. The van der Waals surface area contributed by atoms with Gasteiger partial charge in [-0.05, 0) is 43.5 Å². The van der Waals surface area contributed by atoms with Gasteiger partial charge in [0.25, 0.3) is 11.8 Å². The molecule has 0 fully saturated rings. The first-order valence-corrected chi connectivity index (χ1v) is 10.2. The number of rotatable bonds is 6. The van der Waals surface area contributed by atoms with Crippen LogP contribution < -0.4 is 5.32 Å². The van der Waals surface area contributed by atoms with E-state index >= 15 is 0 Å². The number of fused-ring (bicyclic) bond motifs is 2.